The maximum Gasteiger partial charge on any atom is 0.225 e. The van der Waals surface area contributed by atoms with Gasteiger partial charge in [-0.1, -0.05) is 6.42 Å². The molecule has 1 heterocycles. The van der Waals surface area contributed by atoms with Crippen LogP contribution in [0.25, 0.3) is 0 Å². The summed E-state index contributed by atoms with van der Waals surface area (Å²) in [5, 5.41) is 2.27. The summed E-state index contributed by atoms with van der Waals surface area (Å²) in [5.74, 6) is -4.61. The first-order chi connectivity index (χ1) is 9.58. The predicted molar refractivity (Wildman–Crippen MR) is 69.9 cm³/mol. The van der Waals surface area contributed by atoms with Crippen LogP contribution in [0.15, 0.2) is 12.1 Å². The van der Waals surface area contributed by atoms with Crippen LogP contribution in [0.4, 0.5) is 18.9 Å². The number of hydrogen-bond acceptors (Lipinski definition) is 2. The highest BCUT2D eigenvalue weighted by atomic mass is 19.2. The van der Waals surface area contributed by atoms with Crippen LogP contribution in [0.1, 0.15) is 25.7 Å². The van der Waals surface area contributed by atoms with Gasteiger partial charge in [-0.2, -0.15) is 0 Å². The van der Waals surface area contributed by atoms with Crippen LogP contribution in [0.2, 0.25) is 0 Å². The van der Waals surface area contributed by atoms with Crippen LogP contribution < -0.4 is 5.32 Å². The van der Waals surface area contributed by atoms with Crippen molar-refractivity contribution in [1.29, 1.82) is 0 Å². The molecule has 0 bridgehead atoms. The molecule has 1 aliphatic heterocycles. The summed E-state index contributed by atoms with van der Waals surface area (Å²) in [4.78, 5) is 13.9. The quantitative estimate of drug-likeness (QED) is 0.863. The largest absolute Gasteiger partial charge is 0.323 e. The molecular formula is C14H17F3N2O. The van der Waals surface area contributed by atoms with E-state index in [4.69, 9.17) is 0 Å². The standard InChI is InChI=1S/C14H17F3N2O/c15-10-4-5-11(14(17)13(10)16)18-12(20)6-9-19-7-2-1-3-8-19/h4-5H,1-3,6-9H2,(H,18,20). The minimum absolute atomic E-state index is 0.207. The maximum atomic E-state index is 13.4. The fourth-order valence-corrected chi connectivity index (χ4v) is 2.28. The van der Waals surface area contributed by atoms with Crippen molar-refractivity contribution in [1.82, 2.24) is 4.90 Å². The van der Waals surface area contributed by atoms with E-state index in [1.807, 2.05) is 0 Å². The molecule has 0 atom stereocenters. The Morgan fingerprint density at radius 2 is 1.80 bits per heavy atom. The van der Waals surface area contributed by atoms with Crippen molar-refractivity contribution in [3.8, 4) is 0 Å². The molecule has 1 saturated heterocycles. The van der Waals surface area contributed by atoms with Gasteiger partial charge in [0.25, 0.3) is 0 Å². The second-order valence-corrected chi connectivity index (χ2v) is 4.92. The molecule has 2 rings (SSSR count). The summed E-state index contributed by atoms with van der Waals surface area (Å²) in [6.45, 7) is 2.52. The molecule has 0 radical (unpaired) electrons. The van der Waals surface area contributed by atoms with Gasteiger partial charge in [-0.3, -0.25) is 4.79 Å². The second-order valence-electron chi connectivity index (χ2n) is 4.92. The zero-order chi connectivity index (χ0) is 14.5. The number of piperidine rings is 1. The number of nitrogens with zero attached hydrogens (tertiary/aromatic N) is 1. The van der Waals surface area contributed by atoms with E-state index in [-0.39, 0.29) is 12.1 Å². The number of carbonyl (C=O) groups excluding carboxylic acids is 1. The van der Waals surface area contributed by atoms with Crippen LogP contribution in [0.3, 0.4) is 0 Å². The van der Waals surface area contributed by atoms with Gasteiger partial charge < -0.3 is 10.2 Å². The summed E-state index contributed by atoms with van der Waals surface area (Å²) in [5.41, 5.74) is -0.326. The number of amides is 1. The maximum absolute atomic E-state index is 13.4. The molecule has 1 amide bonds. The fraction of sp³-hybridized carbons (Fsp3) is 0.500. The molecule has 3 nitrogen and oxygen atoms in total. The summed E-state index contributed by atoms with van der Waals surface area (Å²) >= 11 is 0. The number of halogens is 3. The Kier molecular flexibility index (Phi) is 5.00. The van der Waals surface area contributed by atoms with Crippen molar-refractivity contribution in [2.45, 2.75) is 25.7 Å². The van der Waals surface area contributed by atoms with Gasteiger partial charge in [0.15, 0.2) is 17.5 Å². The first kappa shape index (κ1) is 14.8. The zero-order valence-electron chi connectivity index (χ0n) is 11.1. The first-order valence-electron chi connectivity index (χ1n) is 6.73. The van der Waals surface area contributed by atoms with Gasteiger partial charge in [-0.05, 0) is 38.1 Å². The monoisotopic (exact) mass is 286 g/mol. The van der Waals surface area contributed by atoms with E-state index in [2.05, 4.69) is 10.2 Å². The lowest BCUT2D eigenvalue weighted by molar-refractivity contribution is -0.116. The minimum atomic E-state index is -1.57. The summed E-state index contributed by atoms with van der Waals surface area (Å²) in [6, 6.07) is 1.81. The number of benzene rings is 1. The number of nitrogens with one attached hydrogen (secondary N) is 1. The Morgan fingerprint density at radius 1 is 1.10 bits per heavy atom. The molecule has 1 aromatic carbocycles. The van der Waals surface area contributed by atoms with Crippen molar-refractivity contribution < 1.29 is 18.0 Å². The van der Waals surface area contributed by atoms with E-state index in [9.17, 15) is 18.0 Å². The van der Waals surface area contributed by atoms with Gasteiger partial charge in [-0.25, -0.2) is 13.2 Å². The van der Waals surface area contributed by atoms with Crippen molar-refractivity contribution in [3.63, 3.8) is 0 Å². The van der Waals surface area contributed by atoms with Crippen LogP contribution in [-0.2, 0) is 4.79 Å². The third-order valence-corrected chi connectivity index (χ3v) is 3.41. The normalized spacial score (nSPS) is 16.1. The summed E-state index contributed by atoms with van der Waals surface area (Å²) < 4.78 is 39.1. The average Bonchev–Trinajstić information content (AvgIpc) is 2.47. The average molecular weight is 286 g/mol. The first-order valence-corrected chi connectivity index (χ1v) is 6.73. The number of likely N-dealkylation sites (tertiary alicyclic amines) is 1. The highest BCUT2D eigenvalue weighted by molar-refractivity contribution is 5.90. The van der Waals surface area contributed by atoms with Crippen molar-refractivity contribution in [2.24, 2.45) is 0 Å². The second kappa shape index (κ2) is 6.74. The lowest BCUT2D eigenvalue weighted by Crippen LogP contribution is -2.32. The minimum Gasteiger partial charge on any atom is -0.323 e. The summed E-state index contributed by atoms with van der Waals surface area (Å²) in [6.07, 6.45) is 3.67. The zero-order valence-corrected chi connectivity index (χ0v) is 11.1. The van der Waals surface area contributed by atoms with Gasteiger partial charge in [0, 0.05) is 13.0 Å². The van der Waals surface area contributed by atoms with Crippen molar-refractivity contribution in [3.05, 3.63) is 29.6 Å². The topological polar surface area (TPSA) is 32.3 Å². The van der Waals surface area contributed by atoms with Crippen molar-refractivity contribution in [2.75, 3.05) is 25.0 Å². The highest BCUT2D eigenvalue weighted by Crippen LogP contribution is 2.19. The Labute approximate surface area is 115 Å². The van der Waals surface area contributed by atoms with Gasteiger partial charge in [0.1, 0.15) is 0 Å². The van der Waals surface area contributed by atoms with E-state index in [1.54, 1.807) is 0 Å². The van der Waals surface area contributed by atoms with Crippen LogP contribution in [-0.4, -0.2) is 30.4 Å². The molecule has 1 aromatic rings. The molecule has 20 heavy (non-hydrogen) atoms. The van der Waals surface area contributed by atoms with E-state index < -0.39 is 23.4 Å². The molecule has 0 aromatic heterocycles. The Hall–Kier alpha value is -1.56. The van der Waals surface area contributed by atoms with Gasteiger partial charge in [0.05, 0.1) is 5.69 Å². The molecule has 1 N–H and O–H groups in total. The molecule has 1 aliphatic rings. The van der Waals surface area contributed by atoms with Crippen LogP contribution >= 0.6 is 0 Å². The number of carbonyl (C=O) groups is 1. The van der Waals surface area contributed by atoms with E-state index in [0.717, 1.165) is 38.1 Å². The molecule has 0 saturated carbocycles. The third-order valence-electron chi connectivity index (χ3n) is 3.41. The Balaban J connectivity index is 1.86. The fourth-order valence-electron chi connectivity index (χ4n) is 2.28. The lowest BCUT2D eigenvalue weighted by Gasteiger charge is -2.25. The molecule has 0 spiro atoms. The molecule has 1 fully saturated rings. The third kappa shape index (κ3) is 3.72. The van der Waals surface area contributed by atoms with Crippen molar-refractivity contribution >= 4 is 11.6 Å². The van der Waals surface area contributed by atoms with Crippen LogP contribution in [0.5, 0.6) is 0 Å². The summed E-state index contributed by atoms with van der Waals surface area (Å²) in [7, 11) is 0. The molecule has 110 valence electrons. The highest BCUT2D eigenvalue weighted by Gasteiger charge is 2.16. The smallest absolute Gasteiger partial charge is 0.225 e. The number of rotatable bonds is 4. The Morgan fingerprint density at radius 3 is 2.50 bits per heavy atom. The lowest BCUT2D eigenvalue weighted by atomic mass is 10.1. The van der Waals surface area contributed by atoms with E-state index in [1.165, 1.54) is 6.42 Å². The van der Waals surface area contributed by atoms with Gasteiger partial charge >= 0.3 is 0 Å². The van der Waals surface area contributed by atoms with E-state index in [0.29, 0.717) is 6.54 Å². The van der Waals surface area contributed by atoms with Gasteiger partial charge in [-0.15, -0.1) is 0 Å². The predicted octanol–water partition coefficient (Wildman–Crippen LogP) is 2.92. The number of anilines is 1. The number of hydrogen-bond donors (Lipinski definition) is 1. The molecule has 6 heteroatoms. The molecular weight excluding hydrogens is 269 g/mol. The van der Waals surface area contributed by atoms with E-state index >= 15 is 0 Å². The molecule has 0 unspecified atom stereocenters. The van der Waals surface area contributed by atoms with Crippen LogP contribution in [0, 0.1) is 17.5 Å². The SMILES string of the molecule is O=C(CCN1CCCCC1)Nc1ccc(F)c(F)c1F. The Bertz CT molecular complexity index is 488. The van der Waals surface area contributed by atoms with Gasteiger partial charge in [0.2, 0.25) is 5.91 Å². The molecule has 0 aliphatic carbocycles.